The zero-order chi connectivity index (χ0) is 23.8. The molecule has 0 atom stereocenters. The fourth-order valence-electron chi connectivity index (χ4n) is 3.43. The van der Waals surface area contributed by atoms with Crippen molar-refractivity contribution < 1.29 is 23.8 Å². The molecule has 32 heavy (non-hydrogen) atoms. The van der Waals surface area contributed by atoms with Crippen LogP contribution < -0.4 is 4.74 Å². The van der Waals surface area contributed by atoms with Crippen molar-refractivity contribution in [2.24, 2.45) is 5.92 Å². The molecule has 176 valence electrons. The summed E-state index contributed by atoms with van der Waals surface area (Å²) >= 11 is 0. The van der Waals surface area contributed by atoms with Crippen LogP contribution in [0, 0.1) is 5.92 Å². The maximum atomic E-state index is 12.7. The van der Waals surface area contributed by atoms with E-state index in [0.29, 0.717) is 31.1 Å². The predicted molar refractivity (Wildman–Crippen MR) is 122 cm³/mol. The van der Waals surface area contributed by atoms with Crippen molar-refractivity contribution in [3.05, 3.63) is 23.9 Å². The Morgan fingerprint density at radius 3 is 2.19 bits per heavy atom. The van der Waals surface area contributed by atoms with Gasteiger partial charge in [-0.1, -0.05) is 13.8 Å². The Bertz CT molecular complexity index is 991. The molecule has 0 radical (unpaired) electrons. The van der Waals surface area contributed by atoms with Crippen LogP contribution >= 0.6 is 0 Å². The van der Waals surface area contributed by atoms with Crippen LogP contribution in [0.2, 0.25) is 0 Å². The van der Waals surface area contributed by atoms with Crippen LogP contribution in [0.3, 0.4) is 0 Å². The number of aromatic nitrogens is 2. The Kier molecular flexibility index (Phi) is 6.45. The number of amides is 1. The minimum absolute atomic E-state index is 0.179. The zero-order valence-electron chi connectivity index (χ0n) is 20.4. The van der Waals surface area contributed by atoms with E-state index in [9.17, 15) is 9.59 Å². The van der Waals surface area contributed by atoms with Crippen LogP contribution in [0.5, 0.6) is 5.88 Å². The molecular weight excluding hydrogens is 410 g/mol. The van der Waals surface area contributed by atoms with E-state index in [1.165, 1.54) is 4.57 Å². The van der Waals surface area contributed by atoms with E-state index < -0.39 is 17.3 Å². The van der Waals surface area contributed by atoms with Gasteiger partial charge in [-0.25, -0.2) is 14.6 Å². The molecule has 0 unspecified atom stereocenters. The highest BCUT2D eigenvalue weighted by Crippen LogP contribution is 2.29. The van der Waals surface area contributed by atoms with Crippen LogP contribution in [0.15, 0.2) is 18.3 Å². The summed E-state index contributed by atoms with van der Waals surface area (Å²) < 4.78 is 18.3. The molecule has 1 saturated heterocycles. The summed E-state index contributed by atoms with van der Waals surface area (Å²) in [6.07, 6.45) is 1.07. The topological polar surface area (TPSA) is 82.9 Å². The number of carbonyl (C=O) groups excluding carboxylic acids is 2. The van der Waals surface area contributed by atoms with Gasteiger partial charge >= 0.3 is 12.2 Å². The normalized spacial score (nSPS) is 15.1. The summed E-state index contributed by atoms with van der Waals surface area (Å²) in [5, 5.41) is 0. The molecule has 0 aromatic carbocycles. The molecular formula is C24H35N3O5. The molecule has 8 nitrogen and oxygen atoms in total. The Morgan fingerprint density at radius 2 is 1.62 bits per heavy atom. The number of pyridine rings is 1. The highest BCUT2D eigenvalue weighted by Gasteiger charge is 2.34. The number of nitrogens with zero attached hydrogens (tertiary/aromatic N) is 3. The molecule has 0 aliphatic carbocycles. The Balaban J connectivity index is 1.67. The van der Waals surface area contributed by atoms with Crippen molar-refractivity contribution in [3.63, 3.8) is 0 Å². The van der Waals surface area contributed by atoms with Gasteiger partial charge in [0, 0.05) is 31.3 Å². The second-order valence-corrected chi connectivity index (χ2v) is 10.7. The van der Waals surface area contributed by atoms with Gasteiger partial charge in [-0.2, -0.15) is 0 Å². The molecule has 0 N–H and O–H groups in total. The number of rotatable bonds is 4. The molecule has 1 fully saturated rings. The van der Waals surface area contributed by atoms with E-state index in [1.54, 1.807) is 17.2 Å². The van der Waals surface area contributed by atoms with E-state index in [-0.39, 0.29) is 17.9 Å². The summed E-state index contributed by atoms with van der Waals surface area (Å²) in [7, 11) is 0. The highest BCUT2D eigenvalue weighted by molar-refractivity contribution is 5.90. The van der Waals surface area contributed by atoms with Crippen LogP contribution in [-0.2, 0) is 9.47 Å². The monoisotopic (exact) mass is 445 g/mol. The average Bonchev–Trinajstić information content (AvgIpc) is 2.96. The van der Waals surface area contributed by atoms with Crippen LogP contribution in [0.25, 0.3) is 11.0 Å². The highest BCUT2D eigenvalue weighted by atomic mass is 16.6. The molecule has 2 aromatic rings. The van der Waals surface area contributed by atoms with E-state index in [1.807, 2.05) is 47.6 Å². The maximum absolute atomic E-state index is 12.7. The quantitative estimate of drug-likeness (QED) is 0.644. The summed E-state index contributed by atoms with van der Waals surface area (Å²) in [6, 6.07) is 3.60. The first-order chi connectivity index (χ1) is 14.7. The minimum atomic E-state index is -0.585. The van der Waals surface area contributed by atoms with E-state index in [4.69, 9.17) is 14.2 Å². The van der Waals surface area contributed by atoms with Gasteiger partial charge in [0.25, 0.3) is 0 Å². The second kappa shape index (κ2) is 8.64. The van der Waals surface area contributed by atoms with Crippen molar-refractivity contribution in [3.8, 4) is 5.88 Å². The smallest absolute Gasteiger partial charge is 0.419 e. The molecule has 8 heteroatoms. The summed E-state index contributed by atoms with van der Waals surface area (Å²) in [4.78, 5) is 31.1. The van der Waals surface area contributed by atoms with Gasteiger partial charge in [0.1, 0.15) is 11.2 Å². The van der Waals surface area contributed by atoms with Crippen LogP contribution in [0.1, 0.15) is 66.9 Å². The number of likely N-dealkylation sites (tertiary alicyclic amines) is 1. The Labute approximate surface area is 189 Å². The predicted octanol–water partition coefficient (Wildman–Crippen LogP) is 5.19. The summed E-state index contributed by atoms with van der Waals surface area (Å²) in [6.45, 7) is 16.9. The third kappa shape index (κ3) is 5.72. The van der Waals surface area contributed by atoms with E-state index in [0.717, 1.165) is 11.1 Å². The zero-order valence-corrected chi connectivity index (χ0v) is 20.4. The molecule has 3 heterocycles. The minimum Gasteiger partial charge on any atom is -0.477 e. The second-order valence-electron chi connectivity index (χ2n) is 10.7. The fraction of sp³-hybridized carbons (Fsp3) is 0.625. The van der Waals surface area contributed by atoms with E-state index in [2.05, 4.69) is 18.8 Å². The lowest BCUT2D eigenvalue weighted by Crippen LogP contribution is -2.53. The Morgan fingerprint density at radius 1 is 1.03 bits per heavy atom. The first kappa shape index (κ1) is 23.9. The number of carbonyl (C=O) groups is 2. The number of hydrogen-bond donors (Lipinski definition) is 0. The SMILES string of the molecule is CC(C)c1cn(C(=O)OC(C)(C)C)c2ccc(OCC3CN(C(=O)OC(C)(C)C)C3)nc12. The third-order valence-electron chi connectivity index (χ3n) is 4.94. The molecule has 2 aromatic heterocycles. The molecule has 3 rings (SSSR count). The molecule has 1 amide bonds. The van der Waals surface area contributed by atoms with Crippen molar-refractivity contribution in [2.75, 3.05) is 19.7 Å². The standard InChI is InChI=1S/C24H35N3O5/c1-15(2)17-13-27(22(29)32-24(6,7)8)18-9-10-19(25-20(17)18)30-14-16-11-26(12-16)21(28)31-23(3,4)5/h9-10,13,15-16H,11-12,14H2,1-8H3. The first-order valence-electron chi connectivity index (χ1n) is 11.1. The van der Waals surface area contributed by atoms with Crippen molar-refractivity contribution in [1.29, 1.82) is 0 Å². The number of ether oxygens (including phenoxy) is 3. The van der Waals surface area contributed by atoms with Crippen molar-refractivity contribution in [2.45, 2.75) is 72.5 Å². The molecule has 0 saturated carbocycles. The van der Waals surface area contributed by atoms with Gasteiger partial charge < -0.3 is 19.1 Å². The van der Waals surface area contributed by atoms with Gasteiger partial charge in [-0.3, -0.25) is 4.57 Å². The average molecular weight is 446 g/mol. The largest absolute Gasteiger partial charge is 0.477 e. The molecule has 1 aliphatic rings. The van der Waals surface area contributed by atoms with Crippen molar-refractivity contribution >= 4 is 23.2 Å². The van der Waals surface area contributed by atoms with Gasteiger partial charge in [0.15, 0.2) is 0 Å². The van der Waals surface area contributed by atoms with Crippen molar-refractivity contribution in [1.82, 2.24) is 14.5 Å². The number of fused-ring (bicyclic) bond motifs is 1. The van der Waals surface area contributed by atoms with Gasteiger partial charge in [0.2, 0.25) is 5.88 Å². The number of hydrogen-bond acceptors (Lipinski definition) is 6. The lowest BCUT2D eigenvalue weighted by Gasteiger charge is -2.39. The van der Waals surface area contributed by atoms with Gasteiger partial charge in [-0.05, 0) is 59.1 Å². The molecule has 0 spiro atoms. The third-order valence-corrected chi connectivity index (χ3v) is 4.94. The first-order valence-corrected chi connectivity index (χ1v) is 11.1. The van der Waals surface area contributed by atoms with Crippen LogP contribution in [0.4, 0.5) is 9.59 Å². The molecule has 0 bridgehead atoms. The van der Waals surface area contributed by atoms with E-state index >= 15 is 0 Å². The van der Waals surface area contributed by atoms with Crippen LogP contribution in [-0.4, -0.2) is 57.5 Å². The van der Waals surface area contributed by atoms with Gasteiger partial charge in [-0.15, -0.1) is 0 Å². The summed E-state index contributed by atoms with van der Waals surface area (Å²) in [5.41, 5.74) is 1.29. The maximum Gasteiger partial charge on any atom is 0.419 e. The molecule has 1 aliphatic heterocycles. The lowest BCUT2D eigenvalue weighted by molar-refractivity contribution is -0.00807. The Hall–Kier alpha value is -2.77. The fourth-order valence-corrected chi connectivity index (χ4v) is 3.43. The van der Waals surface area contributed by atoms with Gasteiger partial charge in [0.05, 0.1) is 17.6 Å². The lowest BCUT2D eigenvalue weighted by atomic mass is 10.0. The summed E-state index contributed by atoms with van der Waals surface area (Å²) in [5.74, 6) is 0.908.